The first-order chi connectivity index (χ1) is 16.6. The third kappa shape index (κ3) is 6.33. The van der Waals surface area contributed by atoms with Gasteiger partial charge in [-0.05, 0) is 48.4 Å². The van der Waals surface area contributed by atoms with Crippen LogP contribution >= 0.6 is 0 Å². The summed E-state index contributed by atoms with van der Waals surface area (Å²) in [5, 5.41) is 17.0. The molecule has 1 aliphatic heterocycles. The van der Waals surface area contributed by atoms with Crippen molar-refractivity contribution in [1.82, 2.24) is 20.6 Å². The number of aromatic nitrogens is 2. The molecule has 2 atom stereocenters. The summed E-state index contributed by atoms with van der Waals surface area (Å²) in [7, 11) is 1.63. The highest BCUT2D eigenvalue weighted by atomic mass is 16.5. The Morgan fingerprint density at radius 2 is 1.85 bits per heavy atom. The molecular formula is C27H30N4O3. The van der Waals surface area contributed by atoms with Crippen molar-refractivity contribution in [3.63, 3.8) is 0 Å². The van der Waals surface area contributed by atoms with Gasteiger partial charge >= 0.3 is 0 Å². The van der Waals surface area contributed by atoms with Crippen molar-refractivity contribution in [3.8, 4) is 17.6 Å². The molecule has 3 aromatic rings. The van der Waals surface area contributed by atoms with Crippen LogP contribution in [0.1, 0.15) is 40.3 Å². The van der Waals surface area contributed by atoms with Gasteiger partial charge in [0.2, 0.25) is 5.75 Å². The average Bonchev–Trinajstić information content (AvgIpc) is 3.39. The van der Waals surface area contributed by atoms with E-state index in [9.17, 15) is 9.90 Å². The van der Waals surface area contributed by atoms with E-state index in [0.717, 1.165) is 36.3 Å². The number of rotatable bonds is 8. The summed E-state index contributed by atoms with van der Waals surface area (Å²) in [5.74, 6) is 6.05. The second kappa shape index (κ2) is 11.6. The Hall–Kier alpha value is -3.44. The van der Waals surface area contributed by atoms with Gasteiger partial charge in [0.05, 0.1) is 18.6 Å². The number of hydrogen-bond donors (Lipinski definition) is 4. The number of nitrogens with zero attached hydrogens (tertiary/aromatic N) is 1. The lowest BCUT2D eigenvalue weighted by Crippen LogP contribution is -2.30. The zero-order chi connectivity index (χ0) is 23.8. The smallest absolute Gasteiger partial charge is 0.293 e. The quantitative estimate of drug-likeness (QED) is 0.387. The Morgan fingerprint density at radius 1 is 1.15 bits per heavy atom. The van der Waals surface area contributed by atoms with Crippen LogP contribution in [0.5, 0.6) is 5.75 Å². The van der Waals surface area contributed by atoms with Gasteiger partial charge in [-0.3, -0.25) is 4.79 Å². The molecule has 2 aromatic carbocycles. The molecule has 7 nitrogen and oxygen atoms in total. The van der Waals surface area contributed by atoms with Gasteiger partial charge in [-0.15, -0.1) is 0 Å². The fourth-order valence-electron chi connectivity index (χ4n) is 4.07. The van der Waals surface area contributed by atoms with Gasteiger partial charge in [-0.2, -0.15) is 0 Å². The average molecular weight is 459 g/mol. The molecule has 0 unspecified atom stereocenters. The molecule has 2 heterocycles. The molecule has 0 radical (unpaired) electrons. The summed E-state index contributed by atoms with van der Waals surface area (Å²) in [6.07, 6.45) is 2.88. The minimum atomic E-state index is -0.540. The van der Waals surface area contributed by atoms with Crippen molar-refractivity contribution in [2.75, 3.05) is 26.8 Å². The Labute approximate surface area is 199 Å². The highest BCUT2D eigenvalue weighted by molar-refractivity contribution is 5.44. The lowest BCUT2D eigenvalue weighted by atomic mass is 9.93. The zero-order valence-electron chi connectivity index (χ0n) is 19.3. The van der Waals surface area contributed by atoms with Crippen LogP contribution in [-0.4, -0.2) is 47.9 Å². The molecule has 1 aromatic heterocycles. The monoisotopic (exact) mass is 458 g/mol. The Bertz CT molecular complexity index is 1190. The highest BCUT2D eigenvalue weighted by Crippen LogP contribution is 2.23. The molecule has 0 spiro atoms. The molecule has 176 valence electrons. The van der Waals surface area contributed by atoms with E-state index in [1.54, 1.807) is 7.11 Å². The summed E-state index contributed by atoms with van der Waals surface area (Å²) < 4.78 is 5.36. The van der Waals surface area contributed by atoms with Gasteiger partial charge in [0.25, 0.3) is 5.56 Å². The van der Waals surface area contributed by atoms with Crippen molar-refractivity contribution < 1.29 is 9.84 Å². The Morgan fingerprint density at radius 3 is 2.50 bits per heavy atom. The molecule has 1 saturated heterocycles. The van der Waals surface area contributed by atoms with Crippen molar-refractivity contribution in [2.24, 2.45) is 0 Å². The second-order valence-corrected chi connectivity index (χ2v) is 8.52. The van der Waals surface area contributed by atoms with Crippen molar-refractivity contribution in [1.29, 1.82) is 0 Å². The molecule has 34 heavy (non-hydrogen) atoms. The van der Waals surface area contributed by atoms with Gasteiger partial charge in [0.15, 0.2) is 0 Å². The fraction of sp³-hybridized carbons (Fsp3) is 0.333. The lowest BCUT2D eigenvalue weighted by molar-refractivity contribution is 0.178. The van der Waals surface area contributed by atoms with E-state index in [4.69, 9.17) is 4.74 Å². The molecule has 1 aliphatic rings. The maximum Gasteiger partial charge on any atom is 0.293 e. The maximum absolute atomic E-state index is 11.7. The Balaban J connectivity index is 1.39. The van der Waals surface area contributed by atoms with Crippen molar-refractivity contribution in [2.45, 2.75) is 31.3 Å². The first-order valence-corrected chi connectivity index (χ1v) is 11.5. The number of hydrogen-bond acceptors (Lipinski definition) is 6. The molecular weight excluding hydrogens is 428 g/mol. The molecule has 0 amide bonds. The van der Waals surface area contributed by atoms with E-state index in [-0.39, 0.29) is 11.7 Å². The normalized spacial score (nSPS) is 16.1. The van der Waals surface area contributed by atoms with E-state index in [1.165, 1.54) is 18.3 Å². The topological polar surface area (TPSA) is 99.3 Å². The van der Waals surface area contributed by atoms with Crippen LogP contribution in [0, 0.1) is 11.8 Å². The van der Waals surface area contributed by atoms with E-state index in [0.29, 0.717) is 24.8 Å². The number of aromatic amines is 1. The van der Waals surface area contributed by atoms with Gasteiger partial charge in [0.1, 0.15) is 0 Å². The SMILES string of the molecule is COC[C@H](Cc1nc[nH]c(=O)c1O)c1ccc(C#Cc2ccc(CN[C@@H]3CCNC3)cc2)cc1. The third-order valence-electron chi connectivity index (χ3n) is 6.05. The summed E-state index contributed by atoms with van der Waals surface area (Å²) >= 11 is 0. The van der Waals surface area contributed by atoms with Crippen LogP contribution in [-0.2, 0) is 17.7 Å². The largest absolute Gasteiger partial charge is 0.502 e. The summed E-state index contributed by atoms with van der Waals surface area (Å²) in [4.78, 5) is 18.1. The fourth-order valence-corrected chi connectivity index (χ4v) is 4.07. The highest BCUT2D eigenvalue weighted by Gasteiger charge is 2.17. The van der Waals surface area contributed by atoms with E-state index in [2.05, 4.69) is 56.7 Å². The number of nitrogens with one attached hydrogen (secondary N) is 3. The van der Waals surface area contributed by atoms with E-state index < -0.39 is 5.56 Å². The lowest BCUT2D eigenvalue weighted by Gasteiger charge is -2.16. The standard InChI is InChI=1S/C27H30N4O3/c1-34-17-23(14-25-26(32)27(33)31-18-30-25)22-10-8-20(9-11-22)3-2-19-4-6-21(7-5-19)15-29-24-12-13-28-16-24/h4-11,18,23-24,28-29,32H,12-17H2,1H3,(H,30,31,33)/t23-,24+/m0/s1. The van der Waals surface area contributed by atoms with Gasteiger partial charge in [-0.25, -0.2) is 4.98 Å². The molecule has 4 N–H and O–H groups in total. The first kappa shape index (κ1) is 23.7. The van der Waals surface area contributed by atoms with Gasteiger partial charge in [0, 0.05) is 49.7 Å². The van der Waals surface area contributed by atoms with Crippen LogP contribution in [0.2, 0.25) is 0 Å². The summed E-state index contributed by atoms with van der Waals surface area (Å²) in [6.45, 7) is 3.45. The van der Waals surface area contributed by atoms with Crippen LogP contribution in [0.3, 0.4) is 0 Å². The molecule has 0 saturated carbocycles. The predicted octanol–water partition coefficient (Wildman–Crippen LogP) is 2.30. The predicted molar refractivity (Wildman–Crippen MR) is 132 cm³/mol. The summed E-state index contributed by atoms with van der Waals surface area (Å²) in [5.41, 5.74) is 3.99. The van der Waals surface area contributed by atoms with Gasteiger partial charge < -0.3 is 25.5 Å². The molecule has 1 fully saturated rings. The van der Waals surface area contributed by atoms with Crippen LogP contribution < -0.4 is 16.2 Å². The maximum atomic E-state index is 11.7. The van der Waals surface area contributed by atoms with Crippen LogP contribution in [0.25, 0.3) is 0 Å². The second-order valence-electron chi connectivity index (χ2n) is 8.52. The summed E-state index contributed by atoms with van der Waals surface area (Å²) in [6, 6.07) is 16.9. The van der Waals surface area contributed by atoms with Gasteiger partial charge in [-0.1, -0.05) is 36.1 Å². The third-order valence-corrected chi connectivity index (χ3v) is 6.05. The first-order valence-electron chi connectivity index (χ1n) is 11.5. The number of H-pyrrole nitrogens is 1. The Kier molecular flexibility index (Phi) is 8.10. The molecule has 0 bridgehead atoms. The zero-order valence-corrected chi connectivity index (χ0v) is 19.3. The number of benzene rings is 2. The number of ether oxygens (including phenoxy) is 1. The van der Waals surface area contributed by atoms with Crippen molar-refractivity contribution >= 4 is 0 Å². The molecule has 7 heteroatoms. The molecule has 0 aliphatic carbocycles. The number of methoxy groups -OCH3 is 1. The molecule has 4 rings (SSSR count). The number of aromatic hydroxyl groups is 1. The van der Waals surface area contributed by atoms with Crippen molar-refractivity contribution in [3.05, 3.63) is 93.2 Å². The van der Waals surface area contributed by atoms with E-state index in [1.807, 2.05) is 24.3 Å². The van der Waals surface area contributed by atoms with Crippen LogP contribution in [0.4, 0.5) is 0 Å². The minimum absolute atomic E-state index is 0.0478. The minimum Gasteiger partial charge on any atom is -0.502 e. The van der Waals surface area contributed by atoms with E-state index >= 15 is 0 Å². The van der Waals surface area contributed by atoms with Crippen LogP contribution in [0.15, 0.2) is 59.7 Å².